The molecule has 0 saturated heterocycles. The van der Waals surface area contributed by atoms with Gasteiger partial charge in [-0.1, -0.05) is 117 Å². The second-order valence-corrected chi connectivity index (χ2v) is 38.8. The fourth-order valence-corrected chi connectivity index (χ4v) is 26.1. The van der Waals surface area contributed by atoms with E-state index in [-0.39, 0.29) is 44.5 Å². The van der Waals surface area contributed by atoms with Crippen LogP contribution in [0.2, 0.25) is 0 Å². The molecule has 0 unspecified atom stereocenters. The summed E-state index contributed by atoms with van der Waals surface area (Å²) in [4.78, 5) is 41.6. The third-order valence-electron chi connectivity index (χ3n) is 19.5. The molecule has 0 bridgehead atoms. The number of rotatable bonds is 33. The first kappa shape index (κ1) is 77.9. The Labute approximate surface area is 665 Å². The fraction of sp³-hybridized carbons (Fsp3) is 0.310. The van der Waals surface area contributed by atoms with E-state index in [0.717, 1.165) is 175 Å². The molecule has 4 aliphatic rings. The molecule has 0 atom stereocenters. The van der Waals surface area contributed by atoms with Crippen molar-refractivity contribution in [2.45, 2.75) is 178 Å². The van der Waals surface area contributed by atoms with Gasteiger partial charge >= 0.3 is 0 Å². The molecule has 20 heteroatoms. The third kappa shape index (κ3) is 17.2. The van der Waals surface area contributed by atoms with Crippen molar-refractivity contribution >= 4 is 161 Å². The summed E-state index contributed by atoms with van der Waals surface area (Å²) >= 11 is 17.5. The zero-order valence-corrected chi connectivity index (χ0v) is 68.0. The fourth-order valence-electron chi connectivity index (χ4n) is 14.1. The van der Waals surface area contributed by atoms with Crippen LogP contribution in [0.4, 0.5) is 17.6 Å². The zero-order chi connectivity index (χ0) is 74.8. The number of allylic oxidation sites excluding steroid dienone is 6. The summed E-state index contributed by atoms with van der Waals surface area (Å²) in [5.74, 6) is -4.03. The molecule has 0 N–H and O–H groups in total. The van der Waals surface area contributed by atoms with Gasteiger partial charge in [-0.15, -0.1) is 103 Å². The molecule has 13 rings (SSSR count). The Morgan fingerprint density at radius 2 is 0.682 bits per heavy atom. The number of nitriles is 4. The first-order valence-corrected chi connectivity index (χ1v) is 45.3. The number of aryl methyl sites for hydroxylation is 4. The molecule has 544 valence electrons. The number of hydrogen-bond acceptors (Lipinski definition) is 16. The van der Waals surface area contributed by atoms with E-state index in [1.807, 2.05) is 69.6 Å². The largest absolute Gasteiger partial charge is 0.289 e. The Kier molecular flexibility index (Phi) is 26.2. The lowest BCUT2D eigenvalue weighted by Gasteiger charge is -2.15. The van der Waals surface area contributed by atoms with Gasteiger partial charge in [0.25, 0.3) is 0 Å². The lowest BCUT2D eigenvalue weighted by atomic mass is 9.98. The number of Topliss-reactive ketones (excluding diaryl/α,β-unsaturated/α-hetero) is 2. The third-order valence-corrected chi connectivity index (χ3v) is 31.9. The smallest absolute Gasteiger partial charge is 0.194 e. The van der Waals surface area contributed by atoms with Crippen molar-refractivity contribution in [3.05, 3.63) is 239 Å². The topological polar surface area (TPSA) is 129 Å². The van der Waals surface area contributed by atoms with Gasteiger partial charge < -0.3 is 0 Å². The first-order valence-electron chi connectivity index (χ1n) is 36.6. The van der Waals surface area contributed by atoms with Gasteiger partial charge in [0.1, 0.15) is 35.4 Å². The molecular weight excluding hydrogens is 1530 g/mol. The summed E-state index contributed by atoms with van der Waals surface area (Å²) in [7, 11) is 0. The SMILES string of the molecule is CCCCCCc1ccc(CSC(SCc2ccc(CCCCCC)s2)=C2c3cc4c(cc3-c3sc(/C=C5\C(=O)c6cc(F)c(F)cc6C5=C(C#N)C#N)cc32)/C(=C(/SCc2ccc(CCCCCC)s2)Sc2ccc(CCCCCC)s2)c2cc(/C=C3\C(=O)c5cc(F)c(F)cc5C3=C(C#N)C#N)sc2-4)s1. The number of thioether (sulfide) groups is 4. The van der Waals surface area contributed by atoms with E-state index < -0.39 is 46.0 Å². The van der Waals surface area contributed by atoms with Gasteiger partial charge in [0.15, 0.2) is 34.8 Å². The molecule has 6 nitrogen and oxygen atoms in total. The molecule has 0 aliphatic heterocycles. The monoisotopic (exact) mass is 1600 g/mol. The number of benzene rings is 3. The molecule has 0 spiro atoms. The van der Waals surface area contributed by atoms with E-state index in [1.165, 1.54) is 102 Å². The van der Waals surface area contributed by atoms with Gasteiger partial charge in [0.05, 0.1) is 8.45 Å². The van der Waals surface area contributed by atoms with Crippen molar-refractivity contribution < 1.29 is 27.2 Å². The van der Waals surface area contributed by atoms with Gasteiger partial charge in [-0.3, -0.25) is 9.59 Å². The summed E-state index contributed by atoms with van der Waals surface area (Å²) < 4.78 is 64.0. The summed E-state index contributed by atoms with van der Waals surface area (Å²) in [5.41, 5.74) is 6.48. The zero-order valence-electron chi connectivity index (χ0n) is 59.9. The summed E-state index contributed by atoms with van der Waals surface area (Å²) in [6, 6.07) is 38.0. The van der Waals surface area contributed by atoms with Crippen LogP contribution >= 0.6 is 115 Å². The minimum Gasteiger partial charge on any atom is -0.289 e. The van der Waals surface area contributed by atoms with E-state index in [1.54, 1.807) is 59.2 Å². The molecule has 4 aliphatic carbocycles. The maximum Gasteiger partial charge on any atom is 0.194 e. The number of halogens is 4. The Morgan fingerprint density at radius 3 is 1.06 bits per heavy atom. The minimum absolute atomic E-state index is 0.00847. The maximum atomic E-state index is 15.2. The number of fused-ring (bicyclic) bond motifs is 8. The van der Waals surface area contributed by atoms with Crippen LogP contribution < -0.4 is 0 Å². The maximum absolute atomic E-state index is 15.2. The van der Waals surface area contributed by atoms with Crippen molar-refractivity contribution in [3.63, 3.8) is 0 Å². The molecule has 6 aromatic heterocycles. The van der Waals surface area contributed by atoms with E-state index >= 15 is 17.6 Å². The predicted molar refractivity (Wildman–Crippen MR) is 447 cm³/mol. The normalized spacial score (nSPS) is 14.3. The molecule has 107 heavy (non-hydrogen) atoms. The highest BCUT2D eigenvalue weighted by Gasteiger charge is 2.40. The molecule has 0 radical (unpaired) electrons. The van der Waals surface area contributed by atoms with Gasteiger partial charge in [-0.25, -0.2) is 17.6 Å². The molecular formula is C87H76F4N4O2S10. The standard InChI is InChI=1S/C87H76F4N4O2S10/c1-5-9-13-17-21-52-25-28-56(101-52)47-98-86(99-48-57-29-26-53(102-57)22-18-14-10-6-2)80-61-37-68-62(38-67(61)84-71(80)35-59(105-84)33-69-78(50(43-92)44-93)63-39-73(88)75(90)41-65(63)82(69)96)81(72-36-60(106-85(68)72)34-70-79(51(45-94)46-95)64-40-74(89)76(91)42-66(64)83(70)97)87(107-77-32-31-55(104-77)24-20-16-12-8-4)100-49-58-30-27-54(103-58)23-19-15-11-7-3/h25-42H,5-24,47-49H2,1-4H3/b69-33-,70-34-,87-81+. The van der Waals surface area contributed by atoms with E-state index in [9.17, 15) is 30.6 Å². The highest BCUT2D eigenvalue weighted by molar-refractivity contribution is 8.23. The lowest BCUT2D eigenvalue weighted by molar-refractivity contribution is 0.103. The van der Waals surface area contributed by atoms with Crippen LogP contribution in [-0.4, -0.2) is 11.6 Å². The Hall–Kier alpha value is -7.28. The summed E-state index contributed by atoms with van der Waals surface area (Å²) in [6.45, 7) is 8.91. The number of carbonyl (C=O) groups is 2. The van der Waals surface area contributed by atoms with Gasteiger partial charge in [0.2, 0.25) is 0 Å². The number of carbonyl (C=O) groups excluding carboxylic acids is 2. The molecule has 6 heterocycles. The summed E-state index contributed by atoms with van der Waals surface area (Å²) in [6.07, 6.45) is 26.0. The van der Waals surface area contributed by atoms with E-state index in [2.05, 4.69) is 100 Å². The highest BCUT2D eigenvalue weighted by Crippen LogP contribution is 2.62. The van der Waals surface area contributed by atoms with Gasteiger partial charge in [-0.2, -0.15) is 21.0 Å². The molecule has 0 saturated carbocycles. The number of thiophene rings is 6. The van der Waals surface area contributed by atoms with Gasteiger partial charge in [-0.05, 0) is 183 Å². The predicted octanol–water partition coefficient (Wildman–Crippen LogP) is 28.3. The van der Waals surface area contributed by atoms with Crippen molar-refractivity contribution in [2.75, 3.05) is 0 Å². The summed E-state index contributed by atoms with van der Waals surface area (Å²) in [5, 5.41) is 41.7. The molecule has 9 aromatic rings. The van der Waals surface area contributed by atoms with Crippen LogP contribution in [0.3, 0.4) is 0 Å². The average molecular weight is 1610 g/mol. The van der Waals surface area contributed by atoms with Crippen molar-refractivity contribution in [1.29, 1.82) is 21.0 Å². The van der Waals surface area contributed by atoms with Crippen LogP contribution in [0.1, 0.15) is 228 Å². The van der Waals surface area contributed by atoms with Gasteiger partial charge in [0, 0.05) is 142 Å². The van der Waals surface area contributed by atoms with Crippen molar-refractivity contribution in [3.8, 4) is 45.2 Å². The molecule has 0 fully saturated rings. The van der Waals surface area contributed by atoms with E-state index in [4.69, 9.17) is 0 Å². The quantitative estimate of drug-likeness (QED) is 0.0129. The van der Waals surface area contributed by atoms with Crippen molar-refractivity contribution in [2.24, 2.45) is 0 Å². The van der Waals surface area contributed by atoms with E-state index in [0.29, 0.717) is 27.0 Å². The average Bonchev–Trinajstić information content (AvgIpc) is 1.54. The lowest BCUT2D eigenvalue weighted by Crippen LogP contribution is -1.97. The molecule has 3 aromatic carbocycles. The second-order valence-electron chi connectivity index (χ2n) is 26.9. The van der Waals surface area contributed by atoms with Crippen LogP contribution in [0.25, 0.3) is 55.3 Å². The highest BCUT2D eigenvalue weighted by atomic mass is 32.2. The van der Waals surface area contributed by atoms with Crippen LogP contribution in [0, 0.1) is 68.6 Å². The Morgan fingerprint density at radius 1 is 0.355 bits per heavy atom. The first-order chi connectivity index (χ1) is 52.1. The number of unbranched alkanes of at least 4 members (excludes halogenated alkanes) is 12. The Balaban J connectivity index is 1.03. The van der Waals surface area contributed by atoms with Crippen molar-refractivity contribution in [1.82, 2.24) is 0 Å². The number of hydrogen-bond donors (Lipinski definition) is 0. The Bertz CT molecular complexity index is 5250. The second kappa shape index (κ2) is 36.0. The number of nitrogens with zero attached hydrogens (tertiary/aromatic N) is 4. The van der Waals surface area contributed by atoms with Crippen LogP contribution in [0.15, 0.2) is 132 Å². The number of ketones is 2. The van der Waals surface area contributed by atoms with Crippen LogP contribution in [0.5, 0.6) is 0 Å². The molecule has 0 amide bonds. The van der Waals surface area contributed by atoms with Crippen LogP contribution in [-0.2, 0) is 42.9 Å². The minimum atomic E-state index is -1.22.